The van der Waals surface area contributed by atoms with Crippen molar-refractivity contribution in [1.29, 1.82) is 0 Å². The number of halogens is 1. The van der Waals surface area contributed by atoms with Gasteiger partial charge in [-0.3, -0.25) is 10.1 Å². The van der Waals surface area contributed by atoms with Crippen molar-refractivity contribution in [3.63, 3.8) is 0 Å². The second kappa shape index (κ2) is 6.54. The summed E-state index contributed by atoms with van der Waals surface area (Å²) in [6.45, 7) is 8.27. The number of carboxylic acid groups (broad SMARTS) is 1. The number of nitrogens with two attached hydrogens (primary N) is 1. The van der Waals surface area contributed by atoms with E-state index in [0.717, 1.165) is 6.07 Å². The van der Waals surface area contributed by atoms with Gasteiger partial charge in [0, 0.05) is 11.1 Å². The fourth-order valence-corrected chi connectivity index (χ4v) is 2.05. The van der Waals surface area contributed by atoms with Gasteiger partial charge in [0.2, 0.25) is 0 Å². The zero-order chi connectivity index (χ0) is 18.0. The lowest BCUT2D eigenvalue weighted by Crippen LogP contribution is -2.47. The molecule has 6 nitrogen and oxygen atoms in total. The molecule has 0 radical (unpaired) electrons. The van der Waals surface area contributed by atoms with Crippen molar-refractivity contribution in [2.24, 2.45) is 5.73 Å². The SMILES string of the molecule is CC(C)(C)OC(=O)Nc1ccc(F)cc1C(C)(C)C(N)C(=O)O. The molecule has 0 aromatic heterocycles. The van der Waals surface area contributed by atoms with Crippen LogP contribution in [-0.4, -0.2) is 28.8 Å². The second-order valence-electron chi connectivity index (χ2n) is 6.85. The Bertz CT molecular complexity index is 609. The van der Waals surface area contributed by atoms with Crippen LogP contribution in [0.2, 0.25) is 0 Å². The molecule has 23 heavy (non-hydrogen) atoms. The highest BCUT2D eigenvalue weighted by atomic mass is 19.1. The molecule has 0 aliphatic carbocycles. The van der Waals surface area contributed by atoms with Crippen LogP contribution < -0.4 is 11.1 Å². The van der Waals surface area contributed by atoms with Crippen molar-refractivity contribution < 1.29 is 23.8 Å². The molecule has 0 saturated carbocycles. The molecule has 0 saturated heterocycles. The van der Waals surface area contributed by atoms with Crippen LogP contribution in [0.25, 0.3) is 0 Å². The molecule has 128 valence electrons. The maximum atomic E-state index is 13.6. The summed E-state index contributed by atoms with van der Waals surface area (Å²) in [5, 5.41) is 11.7. The Kier molecular flexibility index (Phi) is 5.37. The number of hydrogen-bond acceptors (Lipinski definition) is 4. The van der Waals surface area contributed by atoms with Gasteiger partial charge in [-0.05, 0) is 44.5 Å². The monoisotopic (exact) mass is 326 g/mol. The van der Waals surface area contributed by atoms with Crippen LogP contribution in [0.3, 0.4) is 0 Å². The molecule has 0 aliphatic heterocycles. The van der Waals surface area contributed by atoms with Gasteiger partial charge < -0.3 is 15.6 Å². The summed E-state index contributed by atoms with van der Waals surface area (Å²) in [6.07, 6.45) is -0.718. The number of amides is 1. The molecule has 0 fully saturated rings. The lowest BCUT2D eigenvalue weighted by molar-refractivity contribution is -0.140. The Labute approximate surface area is 134 Å². The lowest BCUT2D eigenvalue weighted by Gasteiger charge is -2.31. The second-order valence-corrected chi connectivity index (χ2v) is 6.85. The van der Waals surface area contributed by atoms with E-state index >= 15 is 0 Å². The standard InChI is InChI=1S/C16H23FN2O4/c1-15(2,3)23-14(22)19-11-7-6-9(17)8-10(11)16(4,5)12(18)13(20)21/h6-8,12H,18H2,1-5H3,(H,19,22)(H,20,21). The third-order valence-electron chi connectivity index (χ3n) is 3.35. The number of carbonyl (C=O) groups is 2. The average Bonchev–Trinajstić information content (AvgIpc) is 2.37. The Morgan fingerprint density at radius 1 is 1.26 bits per heavy atom. The van der Waals surface area contributed by atoms with E-state index in [9.17, 15) is 14.0 Å². The number of rotatable bonds is 4. The normalized spacial score (nSPS) is 13.3. The first-order chi connectivity index (χ1) is 10.3. The molecule has 4 N–H and O–H groups in total. The molecular formula is C16H23FN2O4. The van der Waals surface area contributed by atoms with E-state index in [1.54, 1.807) is 34.6 Å². The van der Waals surface area contributed by atoms with Gasteiger partial charge in [-0.25, -0.2) is 9.18 Å². The number of hydrogen-bond donors (Lipinski definition) is 3. The van der Waals surface area contributed by atoms with E-state index < -0.39 is 34.9 Å². The van der Waals surface area contributed by atoms with Crippen LogP contribution in [0, 0.1) is 5.82 Å². The molecule has 7 heteroatoms. The van der Waals surface area contributed by atoms with Gasteiger partial charge in [-0.2, -0.15) is 0 Å². The van der Waals surface area contributed by atoms with Crippen LogP contribution in [-0.2, 0) is 14.9 Å². The Morgan fingerprint density at radius 2 is 1.83 bits per heavy atom. The van der Waals surface area contributed by atoms with E-state index in [4.69, 9.17) is 15.6 Å². The number of nitrogens with one attached hydrogen (secondary N) is 1. The van der Waals surface area contributed by atoms with Crippen LogP contribution in [0.4, 0.5) is 14.9 Å². The van der Waals surface area contributed by atoms with Crippen molar-refractivity contribution in [2.45, 2.75) is 51.7 Å². The number of carboxylic acids is 1. The van der Waals surface area contributed by atoms with Crippen LogP contribution in [0.1, 0.15) is 40.2 Å². The van der Waals surface area contributed by atoms with Gasteiger partial charge in [-0.1, -0.05) is 13.8 Å². The van der Waals surface area contributed by atoms with Gasteiger partial charge in [0.1, 0.15) is 17.5 Å². The third kappa shape index (κ3) is 4.92. The minimum absolute atomic E-state index is 0.252. The summed E-state index contributed by atoms with van der Waals surface area (Å²) in [6, 6.07) is 2.40. The smallest absolute Gasteiger partial charge is 0.412 e. The maximum Gasteiger partial charge on any atom is 0.412 e. The number of aliphatic carboxylic acids is 1. The summed E-state index contributed by atoms with van der Waals surface area (Å²) < 4.78 is 18.8. The average molecular weight is 326 g/mol. The largest absolute Gasteiger partial charge is 0.480 e. The Hall–Kier alpha value is -2.15. The predicted molar refractivity (Wildman–Crippen MR) is 84.9 cm³/mol. The van der Waals surface area contributed by atoms with Crippen molar-refractivity contribution >= 4 is 17.7 Å². The van der Waals surface area contributed by atoms with E-state index in [2.05, 4.69) is 5.32 Å². The van der Waals surface area contributed by atoms with Crippen molar-refractivity contribution in [2.75, 3.05) is 5.32 Å². The molecule has 1 atom stereocenters. The van der Waals surface area contributed by atoms with E-state index in [1.165, 1.54) is 12.1 Å². The minimum Gasteiger partial charge on any atom is -0.480 e. The molecule has 0 heterocycles. The highest BCUT2D eigenvalue weighted by Gasteiger charge is 2.36. The Balaban J connectivity index is 3.21. The molecule has 0 spiro atoms. The van der Waals surface area contributed by atoms with E-state index in [-0.39, 0.29) is 11.3 Å². The lowest BCUT2D eigenvalue weighted by atomic mass is 9.77. The molecular weight excluding hydrogens is 303 g/mol. The number of ether oxygens (including phenoxy) is 1. The van der Waals surface area contributed by atoms with Crippen molar-refractivity contribution in [1.82, 2.24) is 0 Å². The van der Waals surface area contributed by atoms with E-state index in [0.29, 0.717) is 0 Å². The highest BCUT2D eigenvalue weighted by molar-refractivity contribution is 5.87. The number of benzene rings is 1. The summed E-state index contributed by atoms with van der Waals surface area (Å²) >= 11 is 0. The highest BCUT2D eigenvalue weighted by Crippen LogP contribution is 2.33. The molecule has 1 aromatic carbocycles. The first-order valence-corrected chi connectivity index (χ1v) is 7.13. The predicted octanol–water partition coefficient (Wildman–Crippen LogP) is 2.86. The minimum atomic E-state index is -1.27. The summed E-state index contributed by atoms with van der Waals surface area (Å²) in [5.41, 5.74) is 4.43. The summed E-state index contributed by atoms with van der Waals surface area (Å²) in [4.78, 5) is 23.1. The zero-order valence-electron chi connectivity index (χ0n) is 13.9. The van der Waals surface area contributed by atoms with Crippen LogP contribution in [0.5, 0.6) is 0 Å². The summed E-state index contributed by atoms with van der Waals surface area (Å²) in [7, 11) is 0. The summed E-state index contributed by atoms with van der Waals surface area (Å²) in [5.74, 6) is -1.78. The molecule has 1 unspecified atom stereocenters. The van der Waals surface area contributed by atoms with E-state index in [1.807, 2.05) is 0 Å². The van der Waals surface area contributed by atoms with Gasteiger partial charge >= 0.3 is 12.1 Å². The first kappa shape index (κ1) is 18.9. The fraction of sp³-hybridized carbons (Fsp3) is 0.500. The third-order valence-corrected chi connectivity index (χ3v) is 3.35. The molecule has 1 rings (SSSR count). The van der Waals surface area contributed by atoms with Gasteiger partial charge in [-0.15, -0.1) is 0 Å². The fourth-order valence-electron chi connectivity index (χ4n) is 2.05. The number of carbonyl (C=O) groups excluding carboxylic acids is 1. The molecule has 1 aromatic rings. The molecule has 0 aliphatic rings. The van der Waals surface area contributed by atoms with Crippen molar-refractivity contribution in [3.05, 3.63) is 29.6 Å². The zero-order valence-corrected chi connectivity index (χ0v) is 13.9. The van der Waals surface area contributed by atoms with Gasteiger partial charge in [0.25, 0.3) is 0 Å². The number of anilines is 1. The molecule has 1 amide bonds. The van der Waals surface area contributed by atoms with Crippen LogP contribution in [0.15, 0.2) is 18.2 Å². The van der Waals surface area contributed by atoms with Gasteiger partial charge in [0.05, 0.1) is 0 Å². The van der Waals surface area contributed by atoms with Crippen molar-refractivity contribution in [3.8, 4) is 0 Å². The quantitative estimate of drug-likeness (QED) is 0.789. The maximum absolute atomic E-state index is 13.6. The first-order valence-electron chi connectivity index (χ1n) is 7.13. The van der Waals surface area contributed by atoms with Crippen LogP contribution >= 0.6 is 0 Å². The van der Waals surface area contributed by atoms with Gasteiger partial charge in [0.15, 0.2) is 0 Å². The topological polar surface area (TPSA) is 102 Å². The molecule has 0 bridgehead atoms. The Morgan fingerprint density at radius 3 is 2.30 bits per heavy atom.